The lowest BCUT2D eigenvalue weighted by Gasteiger charge is -2.38. The van der Waals surface area contributed by atoms with Gasteiger partial charge in [-0.15, -0.1) is 0 Å². The van der Waals surface area contributed by atoms with Gasteiger partial charge in [-0.3, -0.25) is 9.69 Å². The molecule has 1 fully saturated rings. The summed E-state index contributed by atoms with van der Waals surface area (Å²) in [6.45, 7) is 9.62. The zero-order chi connectivity index (χ0) is 18.2. The summed E-state index contributed by atoms with van der Waals surface area (Å²) in [6, 6.07) is 8.12. The number of hydrogen-bond donors (Lipinski definition) is 1. The van der Waals surface area contributed by atoms with Crippen LogP contribution in [0.15, 0.2) is 24.3 Å². The average Bonchev–Trinajstić information content (AvgIpc) is 2.60. The highest BCUT2D eigenvalue weighted by Crippen LogP contribution is 2.14. The Morgan fingerprint density at radius 1 is 1.16 bits per heavy atom. The fourth-order valence-corrected chi connectivity index (χ4v) is 3.32. The number of likely N-dealkylation sites (N-methyl/N-ethyl adjacent to an activating group) is 1. The van der Waals surface area contributed by atoms with Gasteiger partial charge in [-0.25, -0.2) is 0 Å². The Balaban J connectivity index is 1.84. The molecule has 1 saturated heterocycles. The Hall–Kier alpha value is -1.59. The second-order valence-electron chi connectivity index (χ2n) is 7.45. The van der Waals surface area contributed by atoms with Crippen molar-refractivity contribution in [3.05, 3.63) is 29.8 Å². The van der Waals surface area contributed by atoms with E-state index >= 15 is 0 Å². The number of hydrogen-bond acceptors (Lipinski definition) is 4. The Labute approximate surface area is 152 Å². The molecule has 1 heterocycles. The monoisotopic (exact) mass is 347 g/mol. The third-order valence-electron chi connectivity index (χ3n) is 4.86. The van der Waals surface area contributed by atoms with E-state index < -0.39 is 0 Å². The molecule has 140 valence electrons. The van der Waals surface area contributed by atoms with Gasteiger partial charge in [0.2, 0.25) is 5.91 Å². The molecule has 5 nitrogen and oxygen atoms in total. The van der Waals surface area contributed by atoms with Crippen molar-refractivity contribution in [2.24, 2.45) is 5.92 Å². The second-order valence-corrected chi connectivity index (χ2v) is 7.45. The summed E-state index contributed by atoms with van der Waals surface area (Å²) in [5.74, 6) is 1.53. The van der Waals surface area contributed by atoms with E-state index in [1.807, 2.05) is 24.3 Å². The zero-order valence-electron chi connectivity index (χ0n) is 16.1. The first kappa shape index (κ1) is 19.7. The third-order valence-corrected chi connectivity index (χ3v) is 4.86. The number of methoxy groups -OCH3 is 1. The smallest absolute Gasteiger partial charge is 0.224 e. The third kappa shape index (κ3) is 6.67. The van der Waals surface area contributed by atoms with Crippen LogP contribution >= 0.6 is 0 Å². The number of piperazine rings is 1. The van der Waals surface area contributed by atoms with E-state index in [4.69, 9.17) is 4.74 Å². The minimum absolute atomic E-state index is 0.0908. The highest BCUT2D eigenvalue weighted by atomic mass is 16.5. The molecule has 1 amide bonds. The van der Waals surface area contributed by atoms with E-state index in [2.05, 4.69) is 36.0 Å². The van der Waals surface area contributed by atoms with Crippen LogP contribution in [-0.4, -0.2) is 68.6 Å². The van der Waals surface area contributed by atoms with Gasteiger partial charge in [0, 0.05) is 38.8 Å². The fourth-order valence-electron chi connectivity index (χ4n) is 3.32. The van der Waals surface area contributed by atoms with E-state index in [0.29, 0.717) is 18.4 Å². The highest BCUT2D eigenvalue weighted by Gasteiger charge is 2.23. The van der Waals surface area contributed by atoms with Crippen molar-refractivity contribution in [2.75, 3.05) is 46.9 Å². The highest BCUT2D eigenvalue weighted by molar-refractivity contribution is 5.78. The van der Waals surface area contributed by atoms with E-state index in [0.717, 1.165) is 50.5 Å². The number of benzene rings is 1. The van der Waals surface area contributed by atoms with Crippen LogP contribution in [0.25, 0.3) is 0 Å². The average molecular weight is 348 g/mol. The first-order valence-electron chi connectivity index (χ1n) is 9.30. The first-order valence-corrected chi connectivity index (χ1v) is 9.30. The van der Waals surface area contributed by atoms with Gasteiger partial charge in [0.05, 0.1) is 13.5 Å². The quantitative estimate of drug-likeness (QED) is 0.781. The molecule has 0 bridgehead atoms. The number of nitrogens with zero attached hydrogens (tertiary/aromatic N) is 2. The van der Waals surface area contributed by atoms with Gasteiger partial charge in [0.15, 0.2) is 0 Å². The summed E-state index contributed by atoms with van der Waals surface area (Å²) in [7, 11) is 3.82. The van der Waals surface area contributed by atoms with Crippen LogP contribution in [-0.2, 0) is 11.2 Å². The maximum absolute atomic E-state index is 12.3. The Morgan fingerprint density at radius 2 is 1.80 bits per heavy atom. The van der Waals surface area contributed by atoms with Crippen LogP contribution in [0.5, 0.6) is 5.75 Å². The lowest BCUT2D eigenvalue weighted by atomic mass is 10.0. The molecule has 0 saturated carbocycles. The van der Waals surface area contributed by atoms with Gasteiger partial charge >= 0.3 is 0 Å². The summed E-state index contributed by atoms with van der Waals surface area (Å²) in [5.41, 5.74) is 1.01. The van der Waals surface area contributed by atoms with E-state index in [-0.39, 0.29) is 5.91 Å². The number of ether oxygens (including phenoxy) is 1. The number of nitrogens with one attached hydrogen (secondary N) is 1. The zero-order valence-corrected chi connectivity index (χ0v) is 16.1. The Morgan fingerprint density at radius 3 is 2.36 bits per heavy atom. The molecule has 0 radical (unpaired) electrons. The van der Waals surface area contributed by atoms with Crippen LogP contribution in [0.1, 0.15) is 25.8 Å². The van der Waals surface area contributed by atoms with Crippen LogP contribution in [0, 0.1) is 5.92 Å². The molecular formula is C20H33N3O2. The molecule has 1 N–H and O–H groups in total. The van der Waals surface area contributed by atoms with Crippen molar-refractivity contribution in [2.45, 2.75) is 32.7 Å². The lowest BCUT2D eigenvalue weighted by molar-refractivity contribution is -0.120. The molecule has 1 aliphatic heterocycles. The SMILES string of the molecule is COc1ccc(CC(=O)NCC(CC(C)C)N2CCN(C)CC2)cc1. The maximum Gasteiger partial charge on any atom is 0.224 e. The van der Waals surface area contributed by atoms with E-state index in [9.17, 15) is 4.79 Å². The van der Waals surface area contributed by atoms with Crippen molar-refractivity contribution >= 4 is 5.91 Å². The molecule has 2 rings (SSSR count). The minimum atomic E-state index is 0.0908. The van der Waals surface area contributed by atoms with E-state index in [1.165, 1.54) is 0 Å². The van der Waals surface area contributed by atoms with Crippen molar-refractivity contribution in [1.29, 1.82) is 0 Å². The van der Waals surface area contributed by atoms with Crippen LogP contribution in [0.4, 0.5) is 0 Å². The first-order chi connectivity index (χ1) is 12.0. The van der Waals surface area contributed by atoms with Gasteiger partial charge in [0.25, 0.3) is 0 Å². The predicted molar refractivity (Wildman–Crippen MR) is 102 cm³/mol. The van der Waals surface area contributed by atoms with Crippen LogP contribution < -0.4 is 10.1 Å². The van der Waals surface area contributed by atoms with E-state index in [1.54, 1.807) is 7.11 Å². The molecule has 1 unspecified atom stereocenters. The van der Waals surface area contributed by atoms with Gasteiger partial charge in [-0.1, -0.05) is 26.0 Å². The molecule has 1 aliphatic rings. The Bertz CT molecular complexity index is 522. The lowest BCUT2D eigenvalue weighted by Crippen LogP contribution is -2.52. The molecular weight excluding hydrogens is 314 g/mol. The molecule has 25 heavy (non-hydrogen) atoms. The number of carbonyl (C=O) groups excluding carboxylic acids is 1. The number of amides is 1. The van der Waals surface area contributed by atoms with Crippen LogP contribution in [0.3, 0.4) is 0 Å². The van der Waals surface area contributed by atoms with Crippen molar-refractivity contribution in [3.63, 3.8) is 0 Å². The summed E-state index contributed by atoms with van der Waals surface area (Å²) in [5, 5.41) is 3.15. The van der Waals surface area contributed by atoms with Gasteiger partial charge in [-0.05, 0) is 37.1 Å². The molecule has 0 spiro atoms. The molecule has 5 heteroatoms. The maximum atomic E-state index is 12.3. The normalized spacial score (nSPS) is 17.5. The number of rotatable bonds is 8. The molecule has 1 aromatic carbocycles. The molecule has 0 aliphatic carbocycles. The summed E-state index contributed by atoms with van der Waals surface area (Å²) >= 11 is 0. The molecule has 1 aromatic rings. The number of carbonyl (C=O) groups is 1. The molecule has 0 aromatic heterocycles. The summed E-state index contributed by atoms with van der Waals surface area (Å²) in [4.78, 5) is 17.2. The summed E-state index contributed by atoms with van der Waals surface area (Å²) < 4.78 is 5.16. The van der Waals surface area contributed by atoms with Gasteiger partial charge < -0.3 is 15.0 Å². The van der Waals surface area contributed by atoms with Crippen molar-refractivity contribution in [3.8, 4) is 5.75 Å². The Kier molecular flexibility index (Phi) is 7.72. The largest absolute Gasteiger partial charge is 0.497 e. The fraction of sp³-hybridized carbons (Fsp3) is 0.650. The topological polar surface area (TPSA) is 44.8 Å². The summed E-state index contributed by atoms with van der Waals surface area (Å²) in [6.07, 6.45) is 1.54. The minimum Gasteiger partial charge on any atom is -0.497 e. The van der Waals surface area contributed by atoms with Gasteiger partial charge in [0.1, 0.15) is 5.75 Å². The van der Waals surface area contributed by atoms with Gasteiger partial charge in [-0.2, -0.15) is 0 Å². The molecule has 1 atom stereocenters. The van der Waals surface area contributed by atoms with Crippen molar-refractivity contribution < 1.29 is 9.53 Å². The second kappa shape index (κ2) is 9.78. The van der Waals surface area contributed by atoms with Crippen molar-refractivity contribution in [1.82, 2.24) is 15.1 Å². The predicted octanol–water partition coefficient (Wildman–Crippen LogP) is 2.02. The van der Waals surface area contributed by atoms with Crippen LogP contribution in [0.2, 0.25) is 0 Å². The standard InChI is InChI=1S/C20H33N3O2/c1-16(2)13-18(23-11-9-22(3)10-12-23)15-21-20(24)14-17-5-7-19(25-4)8-6-17/h5-8,16,18H,9-15H2,1-4H3,(H,21,24).